The van der Waals surface area contributed by atoms with Crippen LogP contribution in [0.3, 0.4) is 0 Å². The highest BCUT2D eigenvalue weighted by Gasteiger charge is 2.00. The lowest BCUT2D eigenvalue weighted by molar-refractivity contribution is 0.340. The van der Waals surface area contributed by atoms with E-state index in [4.69, 9.17) is 10.00 Å². The highest BCUT2D eigenvalue weighted by atomic mass is 32.1. The summed E-state index contributed by atoms with van der Waals surface area (Å²) < 4.78 is 5.47. The fourth-order valence-corrected chi connectivity index (χ4v) is 2.55. The number of nitrogens with zero attached hydrogens (tertiary/aromatic N) is 1. The average Bonchev–Trinajstić information content (AvgIpc) is 2.88. The standard InChI is InChI=1S/C15H16N2OS/c1-2-18-14-5-3-4-12(6-14)9-17-10-15-7-13(8-16)11-19-15/h3-7,11,17H,2,9-10H2,1H3. The van der Waals surface area contributed by atoms with Gasteiger partial charge in [0, 0.05) is 23.3 Å². The van der Waals surface area contributed by atoms with Crippen molar-refractivity contribution in [2.75, 3.05) is 6.61 Å². The van der Waals surface area contributed by atoms with Gasteiger partial charge in [-0.1, -0.05) is 12.1 Å². The summed E-state index contributed by atoms with van der Waals surface area (Å²) >= 11 is 1.61. The number of hydrogen-bond acceptors (Lipinski definition) is 4. The fraction of sp³-hybridized carbons (Fsp3) is 0.267. The molecular formula is C15H16N2OS. The molecule has 1 aromatic heterocycles. The van der Waals surface area contributed by atoms with Crippen molar-refractivity contribution in [3.63, 3.8) is 0 Å². The SMILES string of the molecule is CCOc1cccc(CNCc2cc(C#N)cs2)c1. The molecule has 0 amide bonds. The molecule has 0 saturated carbocycles. The first-order valence-corrected chi connectivity index (χ1v) is 7.09. The Hall–Kier alpha value is -1.83. The monoisotopic (exact) mass is 272 g/mol. The van der Waals surface area contributed by atoms with Crippen LogP contribution in [0.15, 0.2) is 35.7 Å². The summed E-state index contributed by atoms with van der Waals surface area (Å²) in [6, 6.07) is 12.2. The van der Waals surface area contributed by atoms with Gasteiger partial charge in [0.05, 0.1) is 12.2 Å². The topological polar surface area (TPSA) is 45.0 Å². The lowest BCUT2D eigenvalue weighted by Gasteiger charge is -2.07. The first-order chi connectivity index (χ1) is 9.31. The Morgan fingerprint density at radius 1 is 1.32 bits per heavy atom. The van der Waals surface area contributed by atoms with Crippen LogP contribution in [0.25, 0.3) is 0 Å². The third kappa shape index (κ3) is 4.09. The van der Waals surface area contributed by atoms with Crippen LogP contribution < -0.4 is 10.1 Å². The van der Waals surface area contributed by atoms with Crippen molar-refractivity contribution in [1.29, 1.82) is 5.26 Å². The first-order valence-electron chi connectivity index (χ1n) is 6.21. The highest BCUT2D eigenvalue weighted by molar-refractivity contribution is 7.10. The van der Waals surface area contributed by atoms with Gasteiger partial charge < -0.3 is 10.1 Å². The maximum absolute atomic E-state index is 8.76. The lowest BCUT2D eigenvalue weighted by atomic mass is 10.2. The Morgan fingerprint density at radius 2 is 2.21 bits per heavy atom. The molecule has 19 heavy (non-hydrogen) atoms. The molecule has 2 rings (SSSR count). The number of benzene rings is 1. The van der Waals surface area contributed by atoms with E-state index in [1.165, 1.54) is 10.4 Å². The molecule has 0 spiro atoms. The minimum atomic E-state index is 0.684. The molecule has 0 fully saturated rings. The van der Waals surface area contributed by atoms with Gasteiger partial charge in [-0.25, -0.2) is 0 Å². The number of nitriles is 1. The lowest BCUT2D eigenvalue weighted by Crippen LogP contribution is -2.11. The van der Waals surface area contributed by atoms with Crippen molar-refractivity contribution >= 4 is 11.3 Å². The van der Waals surface area contributed by atoms with E-state index in [1.807, 2.05) is 36.6 Å². The van der Waals surface area contributed by atoms with Crippen LogP contribution >= 0.6 is 11.3 Å². The van der Waals surface area contributed by atoms with Crippen LogP contribution in [0, 0.1) is 11.3 Å². The minimum absolute atomic E-state index is 0.684. The number of hydrogen-bond donors (Lipinski definition) is 1. The Morgan fingerprint density at radius 3 is 2.95 bits per heavy atom. The molecule has 2 aromatic rings. The van der Waals surface area contributed by atoms with Crippen molar-refractivity contribution in [1.82, 2.24) is 5.32 Å². The Labute approximate surface area is 117 Å². The molecule has 3 nitrogen and oxygen atoms in total. The van der Waals surface area contributed by atoms with Gasteiger partial charge >= 0.3 is 0 Å². The summed E-state index contributed by atoms with van der Waals surface area (Å²) in [5, 5.41) is 14.0. The molecule has 4 heteroatoms. The second-order valence-electron chi connectivity index (χ2n) is 4.10. The molecule has 1 aromatic carbocycles. The van der Waals surface area contributed by atoms with E-state index in [1.54, 1.807) is 11.3 Å². The zero-order chi connectivity index (χ0) is 13.5. The van der Waals surface area contributed by atoms with Gasteiger partial charge in [-0.3, -0.25) is 0 Å². The van der Waals surface area contributed by atoms with E-state index in [0.717, 1.165) is 24.4 Å². The zero-order valence-electron chi connectivity index (χ0n) is 10.8. The Bertz CT molecular complexity index is 572. The maximum Gasteiger partial charge on any atom is 0.119 e. The van der Waals surface area contributed by atoms with Crippen LogP contribution in [0.5, 0.6) is 5.75 Å². The van der Waals surface area contributed by atoms with Crippen molar-refractivity contribution in [2.45, 2.75) is 20.0 Å². The van der Waals surface area contributed by atoms with E-state index in [2.05, 4.69) is 17.5 Å². The highest BCUT2D eigenvalue weighted by Crippen LogP contribution is 2.15. The van der Waals surface area contributed by atoms with Crippen LogP contribution in [-0.2, 0) is 13.1 Å². The molecule has 0 aliphatic heterocycles. The van der Waals surface area contributed by atoms with E-state index >= 15 is 0 Å². The summed E-state index contributed by atoms with van der Waals surface area (Å²) in [5.74, 6) is 0.907. The molecular weight excluding hydrogens is 256 g/mol. The summed E-state index contributed by atoms with van der Waals surface area (Å²) in [5.41, 5.74) is 1.93. The third-order valence-corrected chi connectivity index (χ3v) is 3.56. The summed E-state index contributed by atoms with van der Waals surface area (Å²) in [7, 11) is 0. The zero-order valence-corrected chi connectivity index (χ0v) is 11.7. The molecule has 98 valence electrons. The first kappa shape index (κ1) is 13.6. The smallest absolute Gasteiger partial charge is 0.119 e. The molecule has 0 radical (unpaired) electrons. The number of rotatable bonds is 6. The second kappa shape index (κ2) is 6.93. The molecule has 0 aliphatic rings. The molecule has 0 atom stereocenters. The van der Waals surface area contributed by atoms with Gasteiger partial charge in [0.2, 0.25) is 0 Å². The Balaban J connectivity index is 1.85. The summed E-state index contributed by atoms with van der Waals surface area (Å²) in [6.07, 6.45) is 0. The summed E-state index contributed by atoms with van der Waals surface area (Å²) in [4.78, 5) is 1.18. The molecule has 0 unspecified atom stereocenters. The third-order valence-electron chi connectivity index (χ3n) is 2.62. The number of thiophene rings is 1. The van der Waals surface area contributed by atoms with Crippen LogP contribution in [0.1, 0.15) is 22.9 Å². The van der Waals surface area contributed by atoms with Gasteiger partial charge in [-0.2, -0.15) is 5.26 Å². The van der Waals surface area contributed by atoms with Gasteiger partial charge in [0.15, 0.2) is 0 Å². The predicted molar refractivity (Wildman–Crippen MR) is 77.2 cm³/mol. The van der Waals surface area contributed by atoms with Gasteiger partial charge in [0.1, 0.15) is 11.8 Å². The normalized spacial score (nSPS) is 10.1. The number of nitrogens with one attached hydrogen (secondary N) is 1. The molecule has 0 bridgehead atoms. The number of ether oxygens (including phenoxy) is 1. The van der Waals surface area contributed by atoms with Gasteiger partial charge in [-0.15, -0.1) is 11.3 Å². The predicted octanol–water partition coefficient (Wildman–Crippen LogP) is 3.31. The summed E-state index contributed by atoms with van der Waals surface area (Å²) in [6.45, 7) is 4.24. The van der Waals surface area contributed by atoms with Crippen molar-refractivity contribution in [2.24, 2.45) is 0 Å². The van der Waals surface area contributed by atoms with E-state index < -0.39 is 0 Å². The average molecular weight is 272 g/mol. The largest absolute Gasteiger partial charge is 0.494 e. The minimum Gasteiger partial charge on any atom is -0.494 e. The van der Waals surface area contributed by atoms with Gasteiger partial charge in [-0.05, 0) is 30.7 Å². The van der Waals surface area contributed by atoms with Crippen LogP contribution in [-0.4, -0.2) is 6.61 Å². The second-order valence-corrected chi connectivity index (χ2v) is 5.09. The molecule has 0 aliphatic carbocycles. The van der Waals surface area contributed by atoms with Crippen LogP contribution in [0.2, 0.25) is 0 Å². The van der Waals surface area contributed by atoms with Crippen molar-refractivity contribution < 1.29 is 4.74 Å². The Kier molecular flexibility index (Phi) is 4.96. The van der Waals surface area contributed by atoms with Gasteiger partial charge in [0.25, 0.3) is 0 Å². The van der Waals surface area contributed by atoms with Crippen molar-refractivity contribution in [3.05, 3.63) is 51.7 Å². The molecule has 1 N–H and O–H groups in total. The van der Waals surface area contributed by atoms with E-state index in [9.17, 15) is 0 Å². The van der Waals surface area contributed by atoms with E-state index in [0.29, 0.717) is 6.61 Å². The quantitative estimate of drug-likeness (QED) is 0.877. The van der Waals surface area contributed by atoms with Crippen LogP contribution in [0.4, 0.5) is 0 Å². The van der Waals surface area contributed by atoms with Crippen molar-refractivity contribution in [3.8, 4) is 11.8 Å². The van der Waals surface area contributed by atoms with E-state index in [-0.39, 0.29) is 0 Å². The maximum atomic E-state index is 8.76. The molecule has 0 saturated heterocycles. The molecule has 1 heterocycles. The fourth-order valence-electron chi connectivity index (χ4n) is 1.77.